The maximum atomic E-state index is 4.42. The Morgan fingerprint density at radius 1 is 1.05 bits per heavy atom. The third kappa shape index (κ3) is 2.47. The number of benzene rings is 1. The van der Waals surface area contributed by atoms with Gasteiger partial charge in [-0.3, -0.25) is 9.97 Å². The lowest BCUT2D eigenvalue weighted by molar-refractivity contribution is 0.272. The molecular weight excluding hydrogens is 234 g/mol. The van der Waals surface area contributed by atoms with Crippen molar-refractivity contribution >= 4 is 11.0 Å². The van der Waals surface area contributed by atoms with E-state index in [2.05, 4.69) is 48.2 Å². The molecule has 1 aromatic carbocycles. The van der Waals surface area contributed by atoms with Gasteiger partial charge in [-0.15, -0.1) is 0 Å². The second-order valence-electron chi connectivity index (χ2n) is 6.49. The summed E-state index contributed by atoms with van der Waals surface area (Å²) in [5.74, 6) is 0. The van der Waals surface area contributed by atoms with E-state index in [9.17, 15) is 0 Å². The summed E-state index contributed by atoms with van der Waals surface area (Å²) in [6.07, 6.45) is 5.69. The van der Waals surface area contributed by atoms with Gasteiger partial charge in [0.15, 0.2) is 0 Å². The first kappa shape index (κ1) is 12.5. The van der Waals surface area contributed by atoms with E-state index in [0.29, 0.717) is 6.04 Å². The average molecular weight is 255 g/mol. The zero-order valence-corrected chi connectivity index (χ0v) is 11.9. The summed E-state index contributed by atoms with van der Waals surface area (Å²) in [4.78, 5) is 8.83. The number of fused-ring (bicyclic) bond motifs is 2. The maximum absolute atomic E-state index is 4.42. The highest BCUT2D eigenvalue weighted by molar-refractivity contribution is 5.76. The van der Waals surface area contributed by atoms with Crippen molar-refractivity contribution in [2.45, 2.75) is 39.7 Å². The highest BCUT2D eigenvalue weighted by atomic mass is 14.9. The SMILES string of the molecule is CC(C)(C)[C@@H]1Cc2cc3nccnc3cc2CCN1. The van der Waals surface area contributed by atoms with Crippen molar-refractivity contribution < 1.29 is 0 Å². The average Bonchev–Trinajstić information content (AvgIpc) is 2.57. The molecule has 0 fully saturated rings. The summed E-state index contributed by atoms with van der Waals surface area (Å²) in [5, 5.41) is 3.68. The molecule has 3 rings (SSSR count). The van der Waals surface area contributed by atoms with E-state index >= 15 is 0 Å². The van der Waals surface area contributed by atoms with Gasteiger partial charge in [-0.05, 0) is 48.1 Å². The van der Waals surface area contributed by atoms with Crippen molar-refractivity contribution in [1.82, 2.24) is 15.3 Å². The summed E-state index contributed by atoms with van der Waals surface area (Å²) < 4.78 is 0. The summed E-state index contributed by atoms with van der Waals surface area (Å²) in [7, 11) is 0. The zero-order valence-electron chi connectivity index (χ0n) is 11.9. The Hall–Kier alpha value is -1.48. The fraction of sp³-hybridized carbons (Fsp3) is 0.500. The molecule has 2 heterocycles. The van der Waals surface area contributed by atoms with Crippen LogP contribution < -0.4 is 5.32 Å². The topological polar surface area (TPSA) is 37.8 Å². The first-order valence-corrected chi connectivity index (χ1v) is 7.00. The Morgan fingerprint density at radius 3 is 2.32 bits per heavy atom. The van der Waals surface area contributed by atoms with Gasteiger partial charge in [-0.1, -0.05) is 20.8 Å². The van der Waals surface area contributed by atoms with Crippen molar-refractivity contribution in [3.05, 3.63) is 35.7 Å². The molecule has 0 saturated carbocycles. The van der Waals surface area contributed by atoms with Crippen LogP contribution in [-0.2, 0) is 12.8 Å². The van der Waals surface area contributed by atoms with Gasteiger partial charge in [0.05, 0.1) is 11.0 Å². The molecule has 3 heteroatoms. The molecule has 100 valence electrons. The van der Waals surface area contributed by atoms with Crippen molar-refractivity contribution in [2.75, 3.05) is 6.54 Å². The number of hydrogen-bond acceptors (Lipinski definition) is 3. The smallest absolute Gasteiger partial charge is 0.0889 e. The zero-order chi connectivity index (χ0) is 13.5. The van der Waals surface area contributed by atoms with E-state index in [0.717, 1.165) is 30.4 Å². The van der Waals surface area contributed by atoms with Gasteiger partial charge >= 0.3 is 0 Å². The van der Waals surface area contributed by atoms with Gasteiger partial charge < -0.3 is 5.32 Å². The molecule has 2 aromatic rings. The minimum absolute atomic E-state index is 0.277. The molecule has 1 atom stereocenters. The molecule has 0 spiro atoms. The molecule has 1 aromatic heterocycles. The summed E-state index contributed by atoms with van der Waals surface area (Å²) in [5.41, 5.74) is 5.15. The Morgan fingerprint density at radius 2 is 1.68 bits per heavy atom. The normalized spacial score (nSPS) is 20.1. The third-order valence-electron chi connectivity index (χ3n) is 4.05. The van der Waals surface area contributed by atoms with E-state index < -0.39 is 0 Å². The van der Waals surface area contributed by atoms with Crippen molar-refractivity contribution in [1.29, 1.82) is 0 Å². The van der Waals surface area contributed by atoms with Crippen LogP contribution in [0.25, 0.3) is 11.0 Å². The van der Waals surface area contributed by atoms with Crippen LogP contribution in [0.5, 0.6) is 0 Å². The lowest BCUT2D eigenvalue weighted by Crippen LogP contribution is -2.41. The standard InChI is InChI=1S/C16H21N3/c1-16(2,3)15-10-12-9-14-13(17-6-7-18-14)8-11(12)4-5-19-15/h6-9,15,19H,4-5,10H2,1-3H3/t15-/m0/s1. The van der Waals surface area contributed by atoms with E-state index in [1.54, 1.807) is 12.4 Å². The van der Waals surface area contributed by atoms with Crippen LogP contribution in [0, 0.1) is 5.41 Å². The van der Waals surface area contributed by atoms with Crippen LogP contribution >= 0.6 is 0 Å². The number of hydrogen-bond donors (Lipinski definition) is 1. The Balaban J connectivity index is 2.05. The van der Waals surface area contributed by atoms with Crippen LogP contribution in [0.15, 0.2) is 24.5 Å². The van der Waals surface area contributed by atoms with Crippen LogP contribution in [0.3, 0.4) is 0 Å². The van der Waals surface area contributed by atoms with Gasteiger partial charge in [0.2, 0.25) is 0 Å². The van der Waals surface area contributed by atoms with Crippen LogP contribution in [0.4, 0.5) is 0 Å². The van der Waals surface area contributed by atoms with Crippen LogP contribution in [0.2, 0.25) is 0 Å². The van der Waals surface area contributed by atoms with Crippen molar-refractivity contribution in [2.24, 2.45) is 5.41 Å². The number of nitrogens with zero attached hydrogens (tertiary/aromatic N) is 2. The van der Waals surface area contributed by atoms with Crippen LogP contribution in [0.1, 0.15) is 31.9 Å². The molecule has 0 radical (unpaired) electrons. The fourth-order valence-electron chi connectivity index (χ4n) is 2.81. The summed E-state index contributed by atoms with van der Waals surface area (Å²) >= 11 is 0. The highest BCUT2D eigenvalue weighted by Gasteiger charge is 2.27. The quantitative estimate of drug-likeness (QED) is 0.786. The summed E-state index contributed by atoms with van der Waals surface area (Å²) in [6, 6.07) is 4.95. The molecule has 0 unspecified atom stereocenters. The number of nitrogens with one attached hydrogen (secondary N) is 1. The number of rotatable bonds is 0. The predicted octanol–water partition coefficient (Wildman–Crippen LogP) is 2.73. The monoisotopic (exact) mass is 255 g/mol. The van der Waals surface area contributed by atoms with Gasteiger partial charge in [-0.25, -0.2) is 0 Å². The lowest BCUT2D eigenvalue weighted by Gasteiger charge is -2.30. The van der Waals surface area contributed by atoms with Crippen molar-refractivity contribution in [3.8, 4) is 0 Å². The lowest BCUT2D eigenvalue weighted by atomic mass is 9.83. The molecule has 0 bridgehead atoms. The largest absolute Gasteiger partial charge is 0.313 e. The molecule has 3 nitrogen and oxygen atoms in total. The van der Waals surface area contributed by atoms with Crippen molar-refractivity contribution in [3.63, 3.8) is 0 Å². The number of aromatic nitrogens is 2. The Labute approximate surface area is 114 Å². The van der Waals surface area contributed by atoms with E-state index in [1.165, 1.54) is 11.1 Å². The molecule has 19 heavy (non-hydrogen) atoms. The molecule has 1 N–H and O–H groups in total. The van der Waals surface area contributed by atoms with E-state index in [4.69, 9.17) is 0 Å². The minimum Gasteiger partial charge on any atom is -0.313 e. The Kier molecular flexibility index (Phi) is 3.02. The fourth-order valence-corrected chi connectivity index (χ4v) is 2.81. The van der Waals surface area contributed by atoms with Gasteiger partial charge in [0.1, 0.15) is 0 Å². The molecule has 1 aliphatic heterocycles. The maximum Gasteiger partial charge on any atom is 0.0889 e. The third-order valence-corrected chi connectivity index (χ3v) is 4.05. The molecule has 0 amide bonds. The molecule has 0 aliphatic carbocycles. The van der Waals surface area contributed by atoms with E-state index in [1.807, 2.05) is 0 Å². The first-order valence-electron chi connectivity index (χ1n) is 7.00. The van der Waals surface area contributed by atoms with Crippen LogP contribution in [-0.4, -0.2) is 22.6 Å². The molecule has 1 aliphatic rings. The highest BCUT2D eigenvalue weighted by Crippen LogP contribution is 2.27. The first-order chi connectivity index (χ1) is 9.04. The minimum atomic E-state index is 0.277. The Bertz CT molecular complexity index is 598. The summed E-state index contributed by atoms with van der Waals surface area (Å²) in [6.45, 7) is 7.95. The van der Waals surface area contributed by atoms with Gasteiger partial charge in [0, 0.05) is 18.4 Å². The second kappa shape index (κ2) is 4.57. The molecular formula is C16H21N3. The second-order valence-corrected chi connectivity index (χ2v) is 6.49. The van der Waals surface area contributed by atoms with E-state index in [-0.39, 0.29) is 5.41 Å². The molecule has 0 saturated heterocycles. The van der Waals surface area contributed by atoms with Gasteiger partial charge in [0.25, 0.3) is 0 Å². The van der Waals surface area contributed by atoms with Gasteiger partial charge in [-0.2, -0.15) is 0 Å². The predicted molar refractivity (Wildman–Crippen MR) is 78.2 cm³/mol.